The summed E-state index contributed by atoms with van der Waals surface area (Å²) in [5.41, 5.74) is 0.0839. The maximum atomic E-state index is 6.80. The molecule has 0 aromatic heterocycles. The molecule has 0 aromatic rings. The van der Waals surface area contributed by atoms with Gasteiger partial charge in [-0.3, -0.25) is 0 Å². The van der Waals surface area contributed by atoms with Crippen LogP contribution in [-0.4, -0.2) is 32.3 Å². The van der Waals surface area contributed by atoms with Crippen molar-refractivity contribution >= 4 is 26.7 Å². The van der Waals surface area contributed by atoms with Crippen molar-refractivity contribution in [2.45, 2.75) is 134 Å². The fourth-order valence-corrected chi connectivity index (χ4v) is 21.5. The van der Waals surface area contributed by atoms with Crippen molar-refractivity contribution < 1.29 is 4.43 Å². The Bertz CT molecular complexity index is 385. The van der Waals surface area contributed by atoms with E-state index in [2.05, 4.69) is 52.6 Å². The quantitative estimate of drug-likeness (QED) is 0.171. The van der Waals surface area contributed by atoms with E-state index < -0.39 is 26.7 Å². The molecule has 1 fully saturated rings. The summed E-state index contributed by atoms with van der Waals surface area (Å²) in [4.78, 5) is 0. The molecule has 1 aliphatic rings. The average Bonchev–Trinajstić information content (AvgIpc) is 2.62. The molecular weight excluding hydrogens is 451 g/mol. The Morgan fingerprint density at radius 2 is 1.30 bits per heavy atom. The van der Waals surface area contributed by atoms with Gasteiger partial charge >= 0.3 is 178 Å². The van der Waals surface area contributed by atoms with E-state index in [0.717, 1.165) is 0 Å². The van der Waals surface area contributed by atoms with E-state index in [-0.39, 0.29) is 5.60 Å². The van der Waals surface area contributed by atoms with Crippen LogP contribution in [0.25, 0.3) is 0 Å². The summed E-state index contributed by atoms with van der Waals surface area (Å²) in [5.74, 6) is 0. The van der Waals surface area contributed by atoms with Crippen LogP contribution in [-0.2, 0) is 4.43 Å². The third-order valence-corrected chi connectivity index (χ3v) is 22.6. The average molecular weight is 501 g/mol. The number of allylic oxidation sites excluding steroid dienone is 1. The SMILES string of the molecule is CCC[CH2][Sn]([CH2]/C=C/C1(O[Si](C)(C)C)CCCCC1)([CH2]CCC)[CH2]CCC. The van der Waals surface area contributed by atoms with Gasteiger partial charge in [0.15, 0.2) is 0 Å². The second-order valence-electron chi connectivity index (χ2n) is 10.3. The van der Waals surface area contributed by atoms with Crippen LogP contribution in [0.4, 0.5) is 0 Å². The Labute approximate surface area is 177 Å². The molecule has 1 saturated carbocycles. The third kappa shape index (κ3) is 10.3. The van der Waals surface area contributed by atoms with Gasteiger partial charge in [-0.1, -0.05) is 0 Å². The van der Waals surface area contributed by atoms with Crippen molar-refractivity contribution in [3.05, 3.63) is 12.2 Å². The Morgan fingerprint density at radius 3 is 1.70 bits per heavy atom. The molecule has 0 unspecified atom stereocenters. The Morgan fingerprint density at radius 1 is 0.815 bits per heavy atom. The zero-order chi connectivity index (χ0) is 20.2. The van der Waals surface area contributed by atoms with Gasteiger partial charge in [0, 0.05) is 0 Å². The van der Waals surface area contributed by atoms with Crippen LogP contribution in [0, 0.1) is 0 Å². The zero-order valence-electron chi connectivity index (χ0n) is 19.7. The molecule has 0 heterocycles. The van der Waals surface area contributed by atoms with Crippen molar-refractivity contribution in [2.75, 3.05) is 0 Å². The van der Waals surface area contributed by atoms with Crippen LogP contribution in [0.3, 0.4) is 0 Å². The van der Waals surface area contributed by atoms with Gasteiger partial charge in [0.2, 0.25) is 0 Å². The molecule has 0 spiro atoms. The molecule has 27 heavy (non-hydrogen) atoms. The molecule has 0 radical (unpaired) electrons. The molecule has 1 nitrogen and oxygen atoms in total. The summed E-state index contributed by atoms with van der Waals surface area (Å²) in [6.07, 6.45) is 20.4. The van der Waals surface area contributed by atoms with E-state index in [0.29, 0.717) is 0 Å². The first-order valence-corrected chi connectivity index (χ1v) is 23.7. The molecule has 1 rings (SSSR count). The molecule has 0 aromatic carbocycles. The zero-order valence-corrected chi connectivity index (χ0v) is 23.5. The monoisotopic (exact) mass is 502 g/mol. The van der Waals surface area contributed by atoms with Crippen molar-refractivity contribution in [1.82, 2.24) is 0 Å². The van der Waals surface area contributed by atoms with Gasteiger partial charge in [0.1, 0.15) is 0 Å². The molecule has 0 saturated heterocycles. The predicted molar refractivity (Wildman–Crippen MR) is 129 cm³/mol. The first-order chi connectivity index (χ1) is 12.8. The molecule has 0 amide bonds. The van der Waals surface area contributed by atoms with E-state index in [1.165, 1.54) is 75.1 Å². The summed E-state index contributed by atoms with van der Waals surface area (Å²) >= 11 is -2.04. The summed E-state index contributed by atoms with van der Waals surface area (Å²) in [5, 5.41) is 0. The van der Waals surface area contributed by atoms with Crippen LogP contribution in [0.15, 0.2) is 12.2 Å². The maximum absolute atomic E-state index is 6.80. The van der Waals surface area contributed by atoms with Gasteiger partial charge in [-0.05, 0) is 0 Å². The van der Waals surface area contributed by atoms with Crippen molar-refractivity contribution in [2.24, 2.45) is 0 Å². The summed E-state index contributed by atoms with van der Waals surface area (Å²) in [6.45, 7) is 14.2. The fourth-order valence-electron chi connectivity index (χ4n) is 4.92. The number of rotatable bonds is 14. The minimum atomic E-state index is -2.04. The minimum absolute atomic E-state index is 0.0839. The van der Waals surface area contributed by atoms with Gasteiger partial charge in [0.25, 0.3) is 0 Å². The number of hydrogen-bond donors (Lipinski definition) is 0. The molecular formula is C24H50OSiSn. The van der Waals surface area contributed by atoms with Crippen LogP contribution >= 0.6 is 0 Å². The van der Waals surface area contributed by atoms with E-state index in [9.17, 15) is 0 Å². The van der Waals surface area contributed by atoms with E-state index >= 15 is 0 Å². The van der Waals surface area contributed by atoms with E-state index in [1.54, 1.807) is 13.3 Å². The van der Waals surface area contributed by atoms with Crippen molar-refractivity contribution in [3.63, 3.8) is 0 Å². The molecule has 1 aliphatic carbocycles. The molecule has 0 bridgehead atoms. The Balaban J connectivity index is 2.92. The Hall–Kier alpha value is 0.716. The van der Waals surface area contributed by atoms with Gasteiger partial charge in [-0.15, -0.1) is 0 Å². The second-order valence-corrected chi connectivity index (χ2v) is 28.7. The number of hydrogen-bond acceptors (Lipinski definition) is 1. The normalized spacial score (nSPS) is 18.3. The third-order valence-electron chi connectivity index (χ3n) is 6.36. The summed E-state index contributed by atoms with van der Waals surface area (Å²) < 4.78 is 13.1. The topological polar surface area (TPSA) is 9.23 Å². The molecule has 0 aliphatic heterocycles. The van der Waals surface area contributed by atoms with E-state index in [1.807, 2.05) is 0 Å². The fraction of sp³-hybridized carbons (Fsp3) is 0.917. The van der Waals surface area contributed by atoms with Crippen LogP contribution in [0.5, 0.6) is 0 Å². The van der Waals surface area contributed by atoms with E-state index in [4.69, 9.17) is 4.43 Å². The van der Waals surface area contributed by atoms with Gasteiger partial charge in [-0.25, -0.2) is 0 Å². The molecule has 0 N–H and O–H groups in total. The van der Waals surface area contributed by atoms with Crippen LogP contribution in [0.1, 0.15) is 91.4 Å². The van der Waals surface area contributed by atoms with Crippen molar-refractivity contribution in [3.8, 4) is 0 Å². The molecule has 0 atom stereocenters. The first kappa shape index (κ1) is 25.8. The van der Waals surface area contributed by atoms with Gasteiger partial charge in [0.05, 0.1) is 0 Å². The number of unbranched alkanes of at least 4 members (excludes halogenated alkanes) is 3. The van der Waals surface area contributed by atoms with Gasteiger partial charge in [-0.2, -0.15) is 0 Å². The van der Waals surface area contributed by atoms with Gasteiger partial charge < -0.3 is 0 Å². The molecule has 3 heteroatoms. The van der Waals surface area contributed by atoms with Crippen LogP contribution < -0.4 is 0 Å². The van der Waals surface area contributed by atoms with Crippen molar-refractivity contribution in [1.29, 1.82) is 0 Å². The summed E-state index contributed by atoms with van der Waals surface area (Å²) in [7, 11) is -1.51. The second kappa shape index (κ2) is 13.1. The van der Waals surface area contributed by atoms with Crippen LogP contribution in [0.2, 0.25) is 37.4 Å². The predicted octanol–water partition coefficient (Wildman–Crippen LogP) is 8.95. The summed E-state index contributed by atoms with van der Waals surface area (Å²) in [6, 6.07) is 0. The molecule has 160 valence electrons. The Kier molecular flexibility index (Phi) is 12.5. The standard InChI is InChI=1S/C12H23OSi.3C4H9.Sn/c1-5-9-12(13-14(2,3)4)10-7-6-8-11-12;3*1-3-4-2;/h5,9H,1,6-8,10-11H2,2-4H3;3*1,3-4H2,2H3;/b9-5+;;;;. The first-order valence-electron chi connectivity index (χ1n) is 12.2.